The van der Waals surface area contributed by atoms with Crippen LogP contribution in [0.5, 0.6) is 0 Å². The smallest absolute Gasteiger partial charge is 0.220 e. The lowest BCUT2D eigenvalue weighted by molar-refractivity contribution is 0.457. The largest absolute Gasteiger partial charge is 0.428 e. The minimum absolute atomic E-state index is 0. The maximum Gasteiger partial charge on any atom is 0.220 e. The molecule has 1 saturated heterocycles. The fourth-order valence-electron chi connectivity index (χ4n) is 1.22. The number of halogens is 2. The fraction of sp³-hybridized carbons (Fsp3) is 0.667. The van der Waals surface area contributed by atoms with Crippen LogP contribution in [0.1, 0.15) is 18.2 Å². The second kappa shape index (κ2) is 5.35. The summed E-state index contributed by atoms with van der Waals surface area (Å²) in [5.41, 5.74) is 0. The average molecular weight is 212 g/mol. The molecule has 0 aliphatic carbocycles. The summed E-state index contributed by atoms with van der Waals surface area (Å²) in [6, 6.07) is 0. The molecular weight excluding hydrogens is 201 g/mol. The average Bonchev–Trinajstić information content (AvgIpc) is 2.59. The molecule has 0 radical (unpaired) electrons. The number of nitrogens with zero attached hydrogens (tertiary/aromatic N) is 2. The van der Waals surface area contributed by atoms with Crippen molar-refractivity contribution in [3.05, 3.63) is 12.3 Å². The second-order valence-electron chi connectivity index (χ2n) is 2.47. The normalized spacial score (nSPS) is 21.2. The lowest BCUT2D eigenvalue weighted by Crippen LogP contribution is -2.08. The summed E-state index contributed by atoms with van der Waals surface area (Å²) in [5, 5.41) is 10.7. The number of hydrogen-bond donors (Lipinski definition) is 1. The summed E-state index contributed by atoms with van der Waals surface area (Å²) < 4.78 is 5.06. The van der Waals surface area contributed by atoms with Gasteiger partial charge < -0.3 is 9.73 Å². The predicted octanol–water partition coefficient (Wildman–Crippen LogP) is 0.990. The van der Waals surface area contributed by atoms with E-state index in [1.807, 2.05) is 0 Å². The quantitative estimate of drug-likeness (QED) is 0.754. The molecule has 1 atom stereocenters. The number of aromatic nitrogens is 2. The Morgan fingerprint density at radius 3 is 2.83 bits per heavy atom. The molecule has 1 aromatic heterocycles. The predicted molar refractivity (Wildman–Crippen MR) is 49.0 cm³/mol. The zero-order valence-corrected chi connectivity index (χ0v) is 8.03. The van der Waals surface area contributed by atoms with Crippen LogP contribution in [0.4, 0.5) is 0 Å². The van der Waals surface area contributed by atoms with Crippen molar-refractivity contribution in [2.75, 3.05) is 13.1 Å². The Labute approximate surface area is 82.9 Å². The summed E-state index contributed by atoms with van der Waals surface area (Å²) in [5.74, 6) is 1.22. The molecule has 1 unspecified atom stereocenters. The molecule has 12 heavy (non-hydrogen) atoms. The number of rotatable bonds is 1. The maximum atomic E-state index is 5.06. The topological polar surface area (TPSA) is 51.0 Å². The van der Waals surface area contributed by atoms with Crippen molar-refractivity contribution >= 4 is 24.8 Å². The van der Waals surface area contributed by atoms with Gasteiger partial charge in [-0.15, -0.1) is 35.0 Å². The third-order valence-electron chi connectivity index (χ3n) is 1.79. The first-order valence-corrected chi connectivity index (χ1v) is 3.43. The standard InChI is InChI=1S/C6H9N3O.2ClH/c1-2-7-3-5(1)6-9-8-4-10-6;;/h4-5,7H,1-3H2;2*1H. The lowest BCUT2D eigenvalue weighted by Gasteiger charge is -1.98. The van der Waals surface area contributed by atoms with Crippen molar-refractivity contribution in [2.24, 2.45) is 0 Å². The second-order valence-corrected chi connectivity index (χ2v) is 2.47. The highest BCUT2D eigenvalue weighted by molar-refractivity contribution is 5.85. The summed E-state index contributed by atoms with van der Waals surface area (Å²) in [4.78, 5) is 0. The summed E-state index contributed by atoms with van der Waals surface area (Å²) in [6.07, 6.45) is 2.50. The highest BCUT2D eigenvalue weighted by Gasteiger charge is 2.20. The molecule has 2 heterocycles. The molecule has 2 rings (SSSR count). The number of hydrogen-bond acceptors (Lipinski definition) is 4. The Bertz CT molecular complexity index is 199. The van der Waals surface area contributed by atoms with E-state index in [0.717, 1.165) is 25.4 Å². The molecule has 0 amide bonds. The third kappa shape index (κ3) is 2.33. The Morgan fingerprint density at radius 2 is 2.33 bits per heavy atom. The van der Waals surface area contributed by atoms with Crippen molar-refractivity contribution in [3.63, 3.8) is 0 Å². The van der Waals surface area contributed by atoms with E-state index < -0.39 is 0 Å². The molecule has 0 spiro atoms. The van der Waals surface area contributed by atoms with E-state index in [-0.39, 0.29) is 24.8 Å². The molecule has 70 valence electrons. The third-order valence-corrected chi connectivity index (χ3v) is 1.79. The summed E-state index contributed by atoms with van der Waals surface area (Å²) in [6.45, 7) is 2.04. The van der Waals surface area contributed by atoms with Crippen LogP contribution in [0.2, 0.25) is 0 Å². The lowest BCUT2D eigenvalue weighted by atomic mass is 10.1. The van der Waals surface area contributed by atoms with Crippen molar-refractivity contribution in [1.82, 2.24) is 15.5 Å². The first-order valence-electron chi connectivity index (χ1n) is 3.43. The Hall–Kier alpha value is -0.320. The van der Waals surface area contributed by atoms with Gasteiger partial charge in [-0.25, -0.2) is 0 Å². The molecule has 0 aromatic carbocycles. The molecule has 1 N–H and O–H groups in total. The van der Waals surface area contributed by atoms with Crippen molar-refractivity contribution in [1.29, 1.82) is 0 Å². The van der Waals surface area contributed by atoms with Gasteiger partial charge in [0, 0.05) is 6.54 Å². The van der Waals surface area contributed by atoms with Gasteiger partial charge in [0.05, 0.1) is 5.92 Å². The Kier molecular flexibility index (Phi) is 5.20. The van der Waals surface area contributed by atoms with Gasteiger partial charge in [-0.05, 0) is 13.0 Å². The van der Waals surface area contributed by atoms with Gasteiger partial charge in [-0.1, -0.05) is 0 Å². The molecule has 1 aromatic rings. The van der Waals surface area contributed by atoms with Crippen molar-refractivity contribution < 1.29 is 4.42 Å². The van der Waals surface area contributed by atoms with Gasteiger partial charge in [0.1, 0.15) is 0 Å². The fourth-order valence-corrected chi connectivity index (χ4v) is 1.22. The van der Waals surface area contributed by atoms with E-state index in [1.54, 1.807) is 0 Å². The molecule has 1 aliphatic heterocycles. The SMILES string of the molecule is Cl.Cl.c1nnc(C2CCNC2)o1. The first-order chi connectivity index (χ1) is 4.97. The van der Waals surface area contributed by atoms with Gasteiger partial charge in [0.25, 0.3) is 0 Å². The minimum atomic E-state index is 0. The zero-order chi connectivity index (χ0) is 6.81. The van der Waals surface area contributed by atoms with E-state index in [4.69, 9.17) is 4.42 Å². The van der Waals surface area contributed by atoms with E-state index >= 15 is 0 Å². The van der Waals surface area contributed by atoms with E-state index in [2.05, 4.69) is 15.5 Å². The van der Waals surface area contributed by atoms with Gasteiger partial charge in [0.2, 0.25) is 12.3 Å². The number of nitrogens with one attached hydrogen (secondary N) is 1. The summed E-state index contributed by atoms with van der Waals surface area (Å²) >= 11 is 0. The molecular formula is C6H11Cl2N3O. The molecule has 4 nitrogen and oxygen atoms in total. The van der Waals surface area contributed by atoms with Crippen LogP contribution in [-0.4, -0.2) is 23.3 Å². The maximum absolute atomic E-state index is 5.06. The first kappa shape index (κ1) is 11.7. The van der Waals surface area contributed by atoms with Crippen LogP contribution in [0, 0.1) is 0 Å². The molecule has 0 bridgehead atoms. The Morgan fingerprint density at radius 1 is 1.50 bits per heavy atom. The summed E-state index contributed by atoms with van der Waals surface area (Å²) in [7, 11) is 0. The molecule has 0 saturated carbocycles. The van der Waals surface area contributed by atoms with Crippen molar-refractivity contribution in [2.45, 2.75) is 12.3 Å². The van der Waals surface area contributed by atoms with Gasteiger partial charge in [0.15, 0.2) is 0 Å². The van der Waals surface area contributed by atoms with Crippen LogP contribution >= 0.6 is 24.8 Å². The molecule has 1 fully saturated rings. The highest BCUT2D eigenvalue weighted by Crippen LogP contribution is 2.18. The van der Waals surface area contributed by atoms with Crippen molar-refractivity contribution in [3.8, 4) is 0 Å². The van der Waals surface area contributed by atoms with Gasteiger partial charge in [-0.2, -0.15) is 0 Å². The van der Waals surface area contributed by atoms with Crippen LogP contribution in [-0.2, 0) is 0 Å². The molecule has 6 heteroatoms. The Balaban J connectivity index is 0.000000605. The van der Waals surface area contributed by atoms with Crippen LogP contribution in [0.3, 0.4) is 0 Å². The van der Waals surface area contributed by atoms with E-state index in [9.17, 15) is 0 Å². The zero-order valence-electron chi connectivity index (χ0n) is 6.40. The van der Waals surface area contributed by atoms with Crippen LogP contribution < -0.4 is 5.32 Å². The monoisotopic (exact) mass is 211 g/mol. The van der Waals surface area contributed by atoms with Gasteiger partial charge in [-0.3, -0.25) is 0 Å². The van der Waals surface area contributed by atoms with Gasteiger partial charge >= 0.3 is 0 Å². The van der Waals surface area contributed by atoms with E-state index in [1.165, 1.54) is 6.39 Å². The highest BCUT2D eigenvalue weighted by atomic mass is 35.5. The minimum Gasteiger partial charge on any atom is -0.428 e. The van der Waals surface area contributed by atoms with Crippen LogP contribution in [0.15, 0.2) is 10.8 Å². The van der Waals surface area contributed by atoms with Crippen LogP contribution in [0.25, 0.3) is 0 Å². The van der Waals surface area contributed by atoms with E-state index in [0.29, 0.717) is 5.92 Å². The molecule has 1 aliphatic rings.